The van der Waals surface area contributed by atoms with Crippen LogP contribution in [-0.4, -0.2) is 6.61 Å². The molecule has 0 aliphatic heterocycles. The Morgan fingerprint density at radius 2 is 1.57 bits per heavy atom. The highest BCUT2D eigenvalue weighted by Crippen LogP contribution is 2.38. The first kappa shape index (κ1) is 16.4. The molecule has 0 atom stereocenters. The van der Waals surface area contributed by atoms with Crippen molar-refractivity contribution in [3.63, 3.8) is 0 Å². The lowest BCUT2D eigenvalue weighted by atomic mass is 9.77. The maximum Gasteiger partial charge on any atom is 0.119 e. The van der Waals surface area contributed by atoms with Crippen LogP contribution in [0.1, 0.15) is 83.1 Å². The SMILES string of the molecule is CCCCOc1ccc(C2CCC(CCCC)CC2)cc1. The second-order valence-corrected chi connectivity index (χ2v) is 6.63. The number of hydrogen-bond acceptors (Lipinski definition) is 1. The lowest BCUT2D eigenvalue weighted by molar-refractivity contribution is 0.302. The van der Waals surface area contributed by atoms with E-state index < -0.39 is 0 Å². The van der Waals surface area contributed by atoms with E-state index in [0.29, 0.717) is 0 Å². The van der Waals surface area contributed by atoms with Crippen molar-refractivity contribution < 1.29 is 4.74 Å². The lowest BCUT2D eigenvalue weighted by Gasteiger charge is -2.28. The van der Waals surface area contributed by atoms with Crippen molar-refractivity contribution in [3.8, 4) is 5.75 Å². The van der Waals surface area contributed by atoms with E-state index in [1.165, 1.54) is 56.9 Å². The topological polar surface area (TPSA) is 9.23 Å². The molecule has 1 aliphatic rings. The van der Waals surface area contributed by atoms with Gasteiger partial charge in [0.25, 0.3) is 0 Å². The van der Waals surface area contributed by atoms with Gasteiger partial charge in [-0.15, -0.1) is 0 Å². The van der Waals surface area contributed by atoms with Crippen LogP contribution in [0.3, 0.4) is 0 Å². The first-order valence-corrected chi connectivity index (χ1v) is 9.06. The molecule has 1 heteroatoms. The largest absolute Gasteiger partial charge is 0.494 e. The van der Waals surface area contributed by atoms with Crippen molar-refractivity contribution in [1.29, 1.82) is 0 Å². The molecule has 1 saturated carbocycles. The van der Waals surface area contributed by atoms with Crippen LogP contribution < -0.4 is 4.74 Å². The van der Waals surface area contributed by atoms with Crippen molar-refractivity contribution in [3.05, 3.63) is 29.8 Å². The number of hydrogen-bond donors (Lipinski definition) is 0. The van der Waals surface area contributed by atoms with Crippen LogP contribution in [0.5, 0.6) is 5.75 Å². The quantitative estimate of drug-likeness (QED) is 0.508. The molecule has 0 bridgehead atoms. The minimum atomic E-state index is 0.785. The maximum absolute atomic E-state index is 5.75. The molecule has 21 heavy (non-hydrogen) atoms. The fourth-order valence-electron chi connectivity index (χ4n) is 3.45. The molecule has 0 amide bonds. The van der Waals surface area contributed by atoms with E-state index in [2.05, 4.69) is 38.1 Å². The Bertz CT molecular complexity index is 373. The van der Waals surface area contributed by atoms with Gasteiger partial charge in [-0.05, 0) is 61.6 Å². The number of rotatable bonds is 8. The van der Waals surface area contributed by atoms with Crippen molar-refractivity contribution in [2.75, 3.05) is 6.61 Å². The minimum Gasteiger partial charge on any atom is -0.494 e. The second kappa shape index (κ2) is 9.12. The summed E-state index contributed by atoms with van der Waals surface area (Å²) in [6.07, 6.45) is 12.2. The Hall–Kier alpha value is -0.980. The fourth-order valence-corrected chi connectivity index (χ4v) is 3.45. The van der Waals surface area contributed by atoms with Crippen LogP contribution in [-0.2, 0) is 0 Å². The highest BCUT2D eigenvalue weighted by atomic mass is 16.5. The van der Waals surface area contributed by atoms with Crippen LogP contribution in [0.2, 0.25) is 0 Å². The first-order chi connectivity index (χ1) is 10.3. The van der Waals surface area contributed by atoms with Gasteiger partial charge in [0, 0.05) is 0 Å². The summed E-state index contributed by atoms with van der Waals surface area (Å²) in [7, 11) is 0. The van der Waals surface area contributed by atoms with Gasteiger partial charge >= 0.3 is 0 Å². The normalized spacial score (nSPS) is 22.2. The Morgan fingerprint density at radius 1 is 0.905 bits per heavy atom. The smallest absolute Gasteiger partial charge is 0.119 e. The third-order valence-electron chi connectivity index (χ3n) is 4.93. The molecular weight excluding hydrogens is 256 g/mol. The van der Waals surface area contributed by atoms with E-state index >= 15 is 0 Å². The third-order valence-corrected chi connectivity index (χ3v) is 4.93. The predicted octanol–water partition coefficient (Wildman–Crippen LogP) is 6.33. The molecule has 118 valence electrons. The van der Waals surface area contributed by atoms with Gasteiger partial charge < -0.3 is 4.74 Å². The molecule has 0 heterocycles. The van der Waals surface area contributed by atoms with Gasteiger partial charge in [0.05, 0.1) is 6.61 Å². The summed E-state index contributed by atoms with van der Waals surface area (Å²) in [5, 5.41) is 0. The Kier molecular flexibility index (Phi) is 7.12. The number of benzene rings is 1. The molecule has 1 nitrogen and oxygen atoms in total. The van der Waals surface area contributed by atoms with E-state index in [-0.39, 0.29) is 0 Å². The summed E-state index contributed by atoms with van der Waals surface area (Å²) in [6, 6.07) is 8.90. The van der Waals surface area contributed by atoms with Crippen LogP contribution >= 0.6 is 0 Å². The summed E-state index contributed by atoms with van der Waals surface area (Å²) in [5.41, 5.74) is 1.52. The fraction of sp³-hybridized carbons (Fsp3) is 0.700. The summed E-state index contributed by atoms with van der Waals surface area (Å²) < 4.78 is 5.75. The molecule has 0 saturated heterocycles. The van der Waals surface area contributed by atoms with Crippen LogP contribution in [0.25, 0.3) is 0 Å². The van der Waals surface area contributed by atoms with Crippen molar-refractivity contribution in [1.82, 2.24) is 0 Å². The Labute approximate surface area is 131 Å². The standard InChI is InChI=1S/C20H32O/c1-3-5-7-17-8-10-18(11-9-17)19-12-14-20(15-13-19)21-16-6-4-2/h12-15,17-18H,3-11,16H2,1-2H3. The zero-order valence-corrected chi connectivity index (χ0v) is 13.9. The monoisotopic (exact) mass is 288 g/mol. The molecular formula is C20H32O. The molecule has 0 aromatic heterocycles. The summed E-state index contributed by atoms with van der Waals surface area (Å²) in [6.45, 7) is 5.34. The molecule has 0 radical (unpaired) electrons. The molecule has 1 aromatic carbocycles. The molecule has 0 unspecified atom stereocenters. The molecule has 0 N–H and O–H groups in total. The van der Waals surface area contributed by atoms with E-state index in [9.17, 15) is 0 Å². The van der Waals surface area contributed by atoms with Gasteiger partial charge in [-0.1, -0.05) is 51.7 Å². The highest BCUT2D eigenvalue weighted by molar-refractivity contribution is 5.29. The van der Waals surface area contributed by atoms with Gasteiger partial charge in [0.2, 0.25) is 0 Å². The zero-order chi connectivity index (χ0) is 14.9. The average Bonchev–Trinajstić information content (AvgIpc) is 2.54. The molecule has 0 spiro atoms. The molecule has 2 rings (SSSR count). The van der Waals surface area contributed by atoms with Gasteiger partial charge in [0.1, 0.15) is 5.75 Å². The van der Waals surface area contributed by atoms with Crippen LogP contribution in [0.4, 0.5) is 0 Å². The van der Waals surface area contributed by atoms with E-state index in [1.807, 2.05) is 0 Å². The third kappa shape index (κ3) is 5.37. The van der Waals surface area contributed by atoms with E-state index in [0.717, 1.165) is 30.6 Å². The lowest BCUT2D eigenvalue weighted by Crippen LogP contribution is -2.13. The van der Waals surface area contributed by atoms with Gasteiger partial charge in [-0.2, -0.15) is 0 Å². The molecule has 1 fully saturated rings. The predicted molar refractivity (Wildman–Crippen MR) is 91.1 cm³/mol. The Balaban J connectivity index is 1.78. The van der Waals surface area contributed by atoms with Crippen molar-refractivity contribution >= 4 is 0 Å². The Morgan fingerprint density at radius 3 is 2.19 bits per heavy atom. The summed E-state index contributed by atoms with van der Waals surface area (Å²) in [4.78, 5) is 0. The van der Waals surface area contributed by atoms with Crippen LogP contribution in [0.15, 0.2) is 24.3 Å². The van der Waals surface area contributed by atoms with Crippen molar-refractivity contribution in [2.24, 2.45) is 5.92 Å². The first-order valence-electron chi connectivity index (χ1n) is 9.06. The van der Waals surface area contributed by atoms with Gasteiger partial charge in [0.15, 0.2) is 0 Å². The highest BCUT2D eigenvalue weighted by Gasteiger charge is 2.21. The maximum atomic E-state index is 5.75. The van der Waals surface area contributed by atoms with Crippen LogP contribution in [0, 0.1) is 5.92 Å². The zero-order valence-electron chi connectivity index (χ0n) is 13.9. The van der Waals surface area contributed by atoms with Crippen molar-refractivity contribution in [2.45, 2.75) is 77.6 Å². The number of unbranched alkanes of at least 4 members (excludes halogenated alkanes) is 2. The summed E-state index contributed by atoms with van der Waals surface area (Å²) >= 11 is 0. The molecule has 1 aliphatic carbocycles. The minimum absolute atomic E-state index is 0.785. The summed E-state index contributed by atoms with van der Waals surface area (Å²) in [5.74, 6) is 2.81. The van der Waals surface area contributed by atoms with E-state index in [4.69, 9.17) is 4.74 Å². The van der Waals surface area contributed by atoms with Gasteiger partial charge in [-0.25, -0.2) is 0 Å². The number of ether oxygens (including phenoxy) is 1. The van der Waals surface area contributed by atoms with Gasteiger partial charge in [-0.3, -0.25) is 0 Å². The second-order valence-electron chi connectivity index (χ2n) is 6.63. The van der Waals surface area contributed by atoms with E-state index in [1.54, 1.807) is 0 Å². The average molecular weight is 288 g/mol. The molecule has 1 aromatic rings.